The smallest absolute Gasteiger partial charge is 0.372 e. The van der Waals surface area contributed by atoms with Crippen molar-refractivity contribution in [3.63, 3.8) is 0 Å². The molecule has 0 aliphatic heterocycles. The molecule has 6 nitrogen and oxygen atoms in total. The van der Waals surface area contributed by atoms with E-state index in [1.165, 1.54) is 0 Å². The summed E-state index contributed by atoms with van der Waals surface area (Å²) >= 11 is 1.10. The van der Waals surface area contributed by atoms with Crippen molar-refractivity contribution in [2.75, 3.05) is 6.61 Å². The van der Waals surface area contributed by atoms with Gasteiger partial charge in [-0.1, -0.05) is 25.1 Å². The lowest BCUT2D eigenvalue weighted by Gasteiger charge is -2.07. The second-order valence-corrected chi connectivity index (χ2v) is 6.33. The molecule has 0 saturated carbocycles. The lowest BCUT2D eigenvalue weighted by molar-refractivity contribution is 0.0510. The molecule has 0 amide bonds. The van der Waals surface area contributed by atoms with E-state index in [9.17, 15) is 19.5 Å². The number of aromatic carboxylic acids is 1. The number of hydrogen-bond donors (Lipinski definition) is 1. The van der Waals surface area contributed by atoms with Crippen LogP contribution in [0.15, 0.2) is 45.6 Å². The van der Waals surface area contributed by atoms with Crippen LogP contribution in [0.2, 0.25) is 0 Å². The second-order valence-electron chi connectivity index (χ2n) is 5.24. The van der Waals surface area contributed by atoms with Gasteiger partial charge in [-0.3, -0.25) is 0 Å². The maximum atomic E-state index is 12.0. The van der Waals surface area contributed by atoms with Crippen molar-refractivity contribution in [2.45, 2.75) is 13.3 Å². The zero-order valence-corrected chi connectivity index (χ0v) is 14.1. The molecular formula is C18H14O6S. The molecule has 0 saturated heterocycles. The molecule has 1 N–H and O–H groups in total. The van der Waals surface area contributed by atoms with Crippen molar-refractivity contribution >= 4 is 34.0 Å². The van der Waals surface area contributed by atoms with E-state index in [0.717, 1.165) is 11.3 Å². The Morgan fingerprint density at radius 2 is 1.88 bits per heavy atom. The number of carboxylic acids is 1. The van der Waals surface area contributed by atoms with E-state index in [0.29, 0.717) is 28.2 Å². The van der Waals surface area contributed by atoms with Crippen LogP contribution in [0.1, 0.15) is 33.6 Å². The lowest BCUT2D eigenvalue weighted by Crippen LogP contribution is -2.08. The highest BCUT2D eigenvalue weighted by molar-refractivity contribution is 7.17. The Morgan fingerprint density at radius 1 is 1.16 bits per heavy atom. The van der Waals surface area contributed by atoms with Crippen molar-refractivity contribution in [1.82, 2.24) is 0 Å². The van der Waals surface area contributed by atoms with E-state index < -0.39 is 23.3 Å². The fourth-order valence-electron chi connectivity index (χ4n) is 2.44. The van der Waals surface area contributed by atoms with Gasteiger partial charge in [0.1, 0.15) is 4.88 Å². The highest BCUT2D eigenvalue weighted by Gasteiger charge is 2.23. The highest BCUT2D eigenvalue weighted by Crippen LogP contribution is 2.35. The van der Waals surface area contributed by atoms with Gasteiger partial charge in [-0.2, -0.15) is 0 Å². The van der Waals surface area contributed by atoms with Gasteiger partial charge in [-0.25, -0.2) is 14.4 Å². The molecule has 1 aromatic carbocycles. The normalized spacial score (nSPS) is 10.8. The third-order valence-electron chi connectivity index (χ3n) is 3.52. The summed E-state index contributed by atoms with van der Waals surface area (Å²) in [5.41, 5.74) is -0.432. The minimum absolute atomic E-state index is 0.280. The molecule has 2 heterocycles. The zero-order chi connectivity index (χ0) is 18.0. The molecule has 3 rings (SSSR count). The van der Waals surface area contributed by atoms with Crippen LogP contribution in [0, 0.1) is 0 Å². The van der Waals surface area contributed by atoms with Crippen LogP contribution in [0.4, 0.5) is 0 Å². The maximum absolute atomic E-state index is 12.0. The maximum Gasteiger partial charge on any atom is 0.372 e. The molecule has 0 aliphatic carbocycles. The first-order valence-corrected chi connectivity index (χ1v) is 8.41. The molecule has 0 spiro atoms. The van der Waals surface area contributed by atoms with E-state index in [1.54, 1.807) is 36.4 Å². The summed E-state index contributed by atoms with van der Waals surface area (Å²) in [6, 6.07) is 9.81. The number of thiophene rings is 1. The molecule has 25 heavy (non-hydrogen) atoms. The van der Waals surface area contributed by atoms with Crippen LogP contribution in [0.5, 0.6) is 0 Å². The standard InChI is InChI=1S/C18H14O6S/c1-2-9-23-18(22)13-8-7-12(25-13)14-10-5-3-4-6-11(10)17(21)24-15(14)16(19)20/h3-8H,2,9H2,1H3,(H,19,20). The number of benzene rings is 1. The summed E-state index contributed by atoms with van der Waals surface area (Å²) in [4.78, 5) is 36.4. The first-order chi connectivity index (χ1) is 12.0. The minimum atomic E-state index is -1.35. The minimum Gasteiger partial charge on any atom is -0.475 e. The molecule has 3 aromatic rings. The number of hydrogen-bond acceptors (Lipinski definition) is 6. The molecule has 7 heteroatoms. The fourth-order valence-corrected chi connectivity index (χ4v) is 3.40. The summed E-state index contributed by atoms with van der Waals surface area (Å²) in [7, 11) is 0. The van der Waals surface area contributed by atoms with Crippen LogP contribution < -0.4 is 5.63 Å². The fraction of sp³-hybridized carbons (Fsp3) is 0.167. The van der Waals surface area contributed by atoms with Gasteiger partial charge in [0.15, 0.2) is 0 Å². The molecule has 0 aliphatic rings. The number of carbonyl (C=O) groups is 2. The van der Waals surface area contributed by atoms with Gasteiger partial charge in [0.05, 0.1) is 17.6 Å². The predicted molar refractivity (Wildman–Crippen MR) is 93.3 cm³/mol. The number of carboxylic acid groups (broad SMARTS) is 1. The third-order valence-corrected chi connectivity index (χ3v) is 4.61. The van der Waals surface area contributed by atoms with Gasteiger partial charge < -0.3 is 14.3 Å². The van der Waals surface area contributed by atoms with Gasteiger partial charge in [-0.15, -0.1) is 11.3 Å². The highest BCUT2D eigenvalue weighted by atomic mass is 32.1. The third kappa shape index (κ3) is 3.18. The van der Waals surface area contributed by atoms with E-state index >= 15 is 0 Å². The van der Waals surface area contributed by atoms with Gasteiger partial charge in [0.25, 0.3) is 0 Å². The second kappa shape index (κ2) is 6.90. The van der Waals surface area contributed by atoms with Gasteiger partial charge in [0, 0.05) is 10.3 Å². The number of fused-ring (bicyclic) bond motifs is 1. The first-order valence-electron chi connectivity index (χ1n) is 7.59. The average Bonchev–Trinajstić information content (AvgIpc) is 3.09. The van der Waals surface area contributed by atoms with Gasteiger partial charge >= 0.3 is 17.6 Å². The molecule has 128 valence electrons. The van der Waals surface area contributed by atoms with E-state index in [1.807, 2.05) is 6.92 Å². The Balaban J connectivity index is 2.18. The van der Waals surface area contributed by atoms with Crippen molar-refractivity contribution in [3.8, 4) is 10.4 Å². The van der Waals surface area contributed by atoms with Gasteiger partial charge in [0.2, 0.25) is 5.76 Å². The number of ether oxygens (including phenoxy) is 1. The Labute approximate surface area is 146 Å². The SMILES string of the molecule is CCCOC(=O)c1ccc(-c2c(C(=O)O)oc(=O)c3ccccc23)s1. The number of rotatable bonds is 5. The summed E-state index contributed by atoms with van der Waals surface area (Å²) in [6.45, 7) is 2.21. The summed E-state index contributed by atoms with van der Waals surface area (Å²) < 4.78 is 10.1. The Morgan fingerprint density at radius 3 is 2.56 bits per heavy atom. The average molecular weight is 358 g/mol. The first kappa shape index (κ1) is 16.9. The molecule has 0 unspecified atom stereocenters. The predicted octanol–water partition coefficient (Wildman–Crippen LogP) is 3.79. The van der Waals surface area contributed by atoms with Gasteiger partial charge in [-0.05, 0) is 24.6 Å². The molecule has 0 radical (unpaired) electrons. The topological polar surface area (TPSA) is 93.8 Å². The lowest BCUT2D eigenvalue weighted by atomic mass is 10.0. The molecule has 0 fully saturated rings. The number of carbonyl (C=O) groups excluding carboxylic acids is 1. The van der Waals surface area contributed by atoms with Crippen molar-refractivity contribution in [3.05, 3.63) is 57.5 Å². The van der Waals surface area contributed by atoms with Crippen molar-refractivity contribution in [2.24, 2.45) is 0 Å². The van der Waals surface area contributed by atoms with Crippen LogP contribution >= 0.6 is 11.3 Å². The molecular weight excluding hydrogens is 344 g/mol. The number of esters is 1. The monoisotopic (exact) mass is 358 g/mol. The van der Waals surface area contributed by atoms with Crippen LogP contribution in [-0.4, -0.2) is 23.7 Å². The zero-order valence-electron chi connectivity index (χ0n) is 13.3. The van der Waals surface area contributed by atoms with Crippen LogP contribution in [0.25, 0.3) is 21.2 Å². The van der Waals surface area contributed by atoms with Crippen LogP contribution in [0.3, 0.4) is 0 Å². The van der Waals surface area contributed by atoms with Crippen molar-refractivity contribution in [1.29, 1.82) is 0 Å². The Kier molecular flexibility index (Phi) is 4.67. The van der Waals surface area contributed by atoms with Crippen molar-refractivity contribution < 1.29 is 23.8 Å². The van der Waals surface area contributed by atoms with Crippen LogP contribution in [-0.2, 0) is 4.74 Å². The summed E-state index contributed by atoms with van der Waals surface area (Å²) in [5.74, 6) is -2.25. The Hall–Kier alpha value is -2.93. The largest absolute Gasteiger partial charge is 0.475 e. The molecule has 0 bridgehead atoms. The van der Waals surface area contributed by atoms with E-state index in [2.05, 4.69) is 0 Å². The van der Waals surface area contributed by atoms with E-state index in [4.69, 9.17) is 9.15 Å². The van der Waals surface area contributed by atoms with E-state index in [-0.39, 0.29) is 10.9 Å². The summed E-state index contributed by atoms with van der Waals surface area (Å²) in [6.07, 6.45) is 0.710. The quantitative estimate of drug-likeness (QED) is 0.698. The summed E-state index contributed by atoms with van der Waals surface area (Å²) in [5, 5.41) is 10.2. The Bertz CT molecular complexity index is 1010. The molecule has 2 aromatic heterocycles. The molecule has 0 atom stereocenters.